The molecule has 1 aliphatic rings. The topological polar surface area (TPSA) is 25.8 Å². The van der Waals surface area contributed by atoms with Crippen LogP contribution in [0.5, 0.6) is 0 Å². The van der Waals surface area contributed by atoms with E-state index >= 15 is 0 Å². The molecule has 0 N–H and O–H groups in total. The first-order chi connectivity index (χ1) is 11.8. The Kier molecular flexibility index (Phi) is 5.95. The summed E-state index contributed by atoms with van der Waals surface area (Å²) in [6, 6.07) is 6.43. The highest BCUT2D eigenvalue weighted by Gasteiger charge is 2.20. The van der Waals surface area contributed by atoms with Gasteiger partial charge in [0.05, 0.1) is 0 Å². The monoisotopic (exact) mass is 326 g/mol. The smallest absolute Gasteiger partial charge is 0.159 e. The molecule has 1 aliphatic carbocycles. The van der Waals surface area contributed by atoms with Crippen LogP contribution in [0.2, 0.25) is 0 Å². The van der Waals surface area contributed by atoms with E-state index < -0.39 is 0 Å². The summed E-state index contributed by atoms with van der Waals surface area (Å²) in [7, 11) is 0. The van der Waals surface area contributed by atoms with Gasteiger partial charge in [0.1, 0.15) is 5.82 Å². The number of rotatable bonds is 7. The lowest BCUT2D eigenvalue weighted by molar-refractivity contribution is 0.400. The molecule has 0 saturated carbocycles. The molecule has 0 spiro atoms. The minimum Gasteiger partial charge on any atom is -0.236 e. The Hall–Kier alpha value is -1.77. The van der Waals surface area contributed by atoms with Gasteiger partial charge in [0, 0.05) is 17.5 Å². The number of hydrogen-bond acceptors (Lipinski definition) is 2. The molecule has 0 bridgehead atoms. The lowest BCUT2D eigenvalue weighted by atomic mass is 9.84. The normalized spacial score (nSPS) is 16.8. The molecule has 1 heterocycles. The molecule has 24 heavy (non-hydrogen) atoms. The fourth-order valence-electron chi connectivity index (χ4n) is 3.60. The zero-order valence-corrected chi connectivity index (χ0v) is 14.6. The van der Waals surface area contributed by atoms with Gasteiger partial charge in [0.15, 0.2) is 5.82 Å². The van der Waals surface area contributed by atoms with E-state index in [2.05, 4.69) is 11.9 Å². The van der Waals surface area contributed by atoms with Crippen molar-refractivity contribution in [3.63, 3.8) is 0 Å². The number of halogens is 1. The van der Waals surface area contributed by atoms with Crippen molar-refractivity contribution in [2.75, 3.05) is 0 Å². The Labute approximate surface area is 144 Å². The van der Waals surface area contributed by atoms with Gasteiger partial charge in [-0.2, -0.15) is 0 Å². The third-order valence-electron chi connectivity index (χ3n) is 5.07. The molecule has 128 valence electrons. The van der Waals surface area contributed by atoms with Crippen LogP contribution >= 0.6 is 0 Å². The van der Waals surface area contributed by atoms with Crippen LogP contribution in [-0.2, 0) is 12.8 Å². The first-order valence-corrected chi connectivity index (χ1v) is 9.37. The standard InChI is InChI=1S/C21H27FN2/c1-2-3-4-5-6-7-16-8-13-20-18(14-16)15-23-21(24-20)17-9-11-19(22)12-10-17/h9-12,15-16H,2-8,13-14H2,1H3. The molecule has 0 radical (unpaired) electrons. The Balaban J connectivity index is 1.59. The van der Waals surface area contributed by atoms with Gasteiger partial charge in [-0.25, -0.2) is 14.4 Å². The number of hydrogen-bond donors (Lipinski definition) is 0. The predicted molar refractivity (Wildman–Crippen MR) is 96.3 cm³/mol. The number of fused-ring (bicyclic) bond motifs is 1. The number of nitrogens with zero attached hydrogens (tertiary/aromatic N) is 2. The van der Waals surface area contributed by atoms with Gasteiger partial charge in [0.25, 0.3) is 0 Å². The average molecular weight is 326 g/mol. The molecule has 3 heteroatoms. The third kappa shape index (κ3) is 4.40. The van der Waals surface area contributed by atoms with Crippen molar-refractivity contribution in [3.8, 4) is 11.4 Å². The summed E-state index contributed by atoms with van der Waals surface area (Å²) in [6.45, 7) is 2.26. The summed E-state index contributed by atoms with van der Waals surface area (Å²) in [4.78, 5) is 9.25. The van der Waals surface area contributed by atoms with Crippen molar-refractivity contribution in [3.05, 3.63) is 47.5 Å². The highest BCUT2D eigenvalue weighted by Crippen LogP contribution is 2.29. The maximum absolute atomic E-state index is 13.0. The van der Waals surface area contributed by atoms with E-state index in [0.717, 1.165) is 24.3 Å². The quantitative estimate of drug-likeness (QED) is 0.606. The van der Waals surface area contributed by atoms with Crippen LogP contribution in [-0.4, -0.2) is 9.97 Å². The Morgan fingerprint density at radius 2 is 1.88 bits per heavy atom. The summed E-state index contributed by atoms with van der Waals surface area (Å²) in [5.41, 5.74) is 3.38. The molecule has 2 nitrogen and oxygen atoms in total. The van der Waals surface area contributed by atoms with Crippen molar-refractivity contribution in [2.45, 2.75) is 64.7 Å². The highest BCUT2D eigenvalue weighted by molar-refractivity contribution is 5.55. The number of aryl methyl sites for hydroxylation is 1. The van der Waals surface area contributed by atoms with Crippen LogP contribution in [0.1, 0.15) is 63.1 Å². The first kappa shape index (κ1) is 17.1. The lowest BCUT2D eigenvalue weighted by Crippen LogP contribution is -2.16. The third-order valence-corrected chi connectivity index (χ3v) is 5.07. The fourth-order valence-corrected chi connectivity index (χ4v) is 3.60. The van der Waals surface area contributed by atoms with Gasteiger partial charge in [-0.05, 0) is 55.0 Å². The van der Waals surface area contributed by atoms with Crippen LogP contribution < -0.4 is 0 Å². The minimum atomic E-state index is -0.224. The first-order valence-electron chi connectivity index (χ1n) is 9.37. The van der Waals surface area contributed by atoms with Crippen LogP contribution in [0.15, 0.2) is 30.5 Å². The molecular formula is C21H27FN2. The van der Waals surface area contributed by atoms with E-state index in [4.69, 9.17) is 4.98 Å². The van der Waals surface area contributed by atoms with Gasteiger partial charge < -0.3 is 0 Å². The number of aromatic nitrogens is 2. The molecule has 0 saturated heterocycles. The average Bonchev–Trinajstić information content (AvgIpc) is 2.62. The van der Waals surface area contributed by atoms with Gasteiger partial charge in [-0.1, -0.05) is 45.4 Å². The largest absolute Gasteiger partial charge is 0.236 e. The molecule has 0 fully saturated rings. The van der Waals surface area contributed by atoms with E-state index in [1.54, 1.807) is 12.1 Å². The van der Waals surface area contributed by atoms with Gasteiger partial charge >= 0.3 is 0 Å². The Morgan fingerprint density at radius 3 is 2.67 bits per heavy atom. The predicted octanol–water partition coefficient (Wildman–Crippen LogP) is 5.75. The zero-order chi connectivity index (χ0) is 16.8. The summed E-state index contributed by atoms with van der Waals surface area (Å²) < 4.78 is 13.0. The lowest BCUT2D eigenvalue weighted by Gasteiger charge is -2.24. The summed E-state index contributed by atoms with van der Waals surface area (Å²) >= 11 is 0. The van der Waals surface area contributed by atoms with E-state index in [-0.39, 0.29) is 5.82 Å². The SMILES string of the molecule is CCCCCCCC1CCc2nc(-c3ccc(F)cc3)ncc2C1. The fraction of sp³-hybridized carbons (Fsp3) is 0.524. The molecular weight excluding hydrogens is 299 g/mol. The van der Waals surface area contributed by atoms with E-state index in [9.17, 15) is 4.39 Å². The highest BCUT2D eigenvalue weighted by atomic mass is 19.1. The Morgan fingerprint density at radius 1 is 1.08 bits per heavy atom. The summed E-state index contributed by atoms with van der Waals surface area (Å²) in [5.74, 6) is 1.28. The maximum Gasteiger partial charge on any atom is 0.159 e. The summed E-state index contributed by atoms with van der Waals surface area (Å²) in [6.07, 6.45) is 13.5. The van der Waals surface area contributed by atoms with Gasteiger partial charge in [0.2, 0.25) is 0 Å². The number of unbranched alkanes of at least 4 members (excludes halogenated alkanes) is 4. The minimum absolute atomic E-state index is 0.224. The maximum atomic E-state index is 13.0. The van der Waals surface area contributed by atoms with Gasteiger partial charge in [-0.3, -0.25) is 0 Å². The number of benzene rings is 1. The van der Waals surface area contributed by atoms with E-state index in [0.29, 0.717) is 5.82 Å². The van der Waals surface area contributed by atoms with Crippen LogP contribution in [0.3, 0.4) is 0 Å². The van der Waals surface area contributed by atoms with Crippen molar-refractivity contribution < 1.29 is 4.39 Å². The molecule has 3 rings (SSSR count). The van der Waals surface area contributed by atoms with Gasteiger partial charge in [-0.15, -0.1) is 0 Å². The second-order valence-corrected chi connectivity index (χ2v) is 6.98. The van der Waals surface area contributed by atoms with E-state index in [1.807, 2.05) is 6.20 Å². The Bertz CT molecular complexity index is 651. The molecule has 1 unspecified atom stereocenters. The van der Waals surface area contributed by atoms with Crippen LogP contribution in [0.25, 0.3) is 11.4 Å². The molecule has 1 aromatic heterocycles. The second-order valence-electron chi connectivity index (χ2n) is 6.98. The summed E-state index contributed by atoms with van der Waals surface area (Å²) in [5, 5.41) is 0. The second kappa shape index (κ2) is 8.36. The molecule has 1 atom stereocenters. The van der Waals surface area contributed by atoms with Crippen molar-refractivity contribution >= 4 is 0 Å². The van der Waals surface area contributed by atoms with Crippen molar-refractivity contribution in [2.24, 2.45) is 5.92 Å². The van der Waals surface area contributed by atoms with Crippen molar-refractivity contribution in [1.82, 2.24) is 9.97 Å². The molecule has 0 aliphatic heterocycles. The molecule has 2 aromatic rings. The molecule has 0 amide bonds. The van der Waals surface area contributed by atoms with Crippen molar-refractivity contribution in [1.29, 1.82) is 0 Å². The van der Waals surface area contributed by atoms with Crippen LogP contribution in [0, 0.1) is 11.7 Å². The zero-order valence-electron chi connectivity index (χ0n) is 14.6. The van der Waals surface area contributed by atoms with E-state index in [1.165, 1.54) is 68.3 Å². The van der Waals surface area contributed by atoms with Crippen LogP contribution in [0.4, 0.5) is 4.39 Å². The molecule has 1 aromatic carbocycles.